The Morgan fingerprint density at radius 2 is 1.91 bits per heavy atom. The lowest BCUT2D eigenvalue weighted by atomic mass is 10.0. The number of tetrazole rings is 1. The third-order valence-electron chi connectivity index (χ3n) is 3.00. The van der Waals surface area contributed by atoms with E-state index < -0.39 is 4.92 Å². The zero-order valence-electron chi connectivity index (χ0n) is 11.0. The van der Waals surface area contributed by atoms with Crippen LogP contribution in [0.2, 0.25) is 0 Å². The zero-order valence-corrected chi connectivity index (χ0v) is 13.9. The number of nitro benzene ring substituents is 1. The maximum Gasteiger partial charge on any atom is 0.293 e. The van der Waals surface area contributed by atoms with E-state index in [4.69, 9.17) is 0 Å². The summed E-state index contributed by atoms with van der Waals surface area (Å²) in [6.07, 6.45) is 1.58. The number of hydrogen-bond acceptors (Lipinski definition) is 4. The average molecular weight is 430 g/mol. The molecule has 0 atom stereocenters. The van der Waals surface area contributed by atoms with Gasteiger partial charge < -0.3 is 12.4 Å². The molecule has 0 unspecified atom stereocenters. The number of hydrogen-bond donors (Lipinski definition) is 1. The van der Waals surface area contributed by atoms with Gasteiger partial charge in [0.05, 0.1) is 8.49 Å². The predicted octanol–water partition coefficient (Wildman–Crippen LogP) is -0.735. The predicted molar refractivity (Wildman–Crippen MR) is 82.7 cm³/mol. The molecular formula is C13H9ClIN5O2. The Balaban J connectivity index is 0.00000176. The second kappa shape index (κ2) is 6.79. The Bertz CT molecular complexity index is 793. The van der Waals surface area contributed by atoms with Crippen LogP contribution in [-0.2, 0) is 0 Å². The monoisotopic (exact) mass is 429 g/mol. The van der Waals surface area contributed by atoms with Gasteiger partial charge in [-0.1, -0.05) is 17.3 Å². The van der Waals surface area contributed by atoms with Crippen molar-refractivity contribution in [1.82, 2.24) is 15.5 Å². The number of benzene rings is 2. The van der Waals surface area contributed by atoms with Gasteiger partial charge in [0.2, 0.25) is 0 Å². The molecule has 0 aliphatic carbocycles. The second-order valence-corrected chi connectivity index (χ2v) is 5.32. The molecule has 3 aromatic rings. The first kappa shape index (κ1) is 16.3. The molecule has 7 nitrogen and oxygen atoms in total. The third kappa shape index (κ3) is 3.07. The normalized spacial score (nSPS) is 10.0. The minimum atomic E-state index is -0.405. The Labute approximate surface area is 145 Å². The Morgan fingerprint density at radius 3 is 2.50 bits per heavy atom. The van der Waals surface area contributed by atoms with Crippen molar-refractivity contribution in [2.75, 3.05) is 0 Å². The first-order chi connectivity index (χ1) is 10.2. The van der Waals surface area contributed by atoms with Crippen LogP contribution in [0.4, 0.5) is 5.69 Å². The molecule has 9 heteroatoms. The number of H-pyrrole nitrogens is 1. The van der Waals surface area contributed by atoms with Gasteiger partial charge in [-0.05, 0) is 51.9 Å². The molecule has 0 spiro atoms. The number of nitrogens with zero attached hydrogens (tertiary/aromatic N) is 4. The first-order valence-electron chi connectivity index (χ1n) is 5.98. The van der Waals surface area contributed by atoms with Crippen molar-refractivity contribution in [1.29, 1.82) is 0 Å². The Hall–Kier alpha value is -2.07. The summed E-state index contributed by atoms with van der Waals surface area (Å²) in [4.78, 5) is 10.3. The lowest BCUT2D eigenvalue weighted by Crippen LogP contribution is -3.00. The SMILES string of the molecule is O=[N+]([O-])c1ccc(-c2cccc(-[n+]3cnn[nH]3)c2I)cc1.[Cl-]. The van der Waals surface area contributed by atoms with Gasteiger partial charge in [-0.2, -0.15) is 0 Å². The number of non-ortho nitro benzene ring substituents is 1. The van der Waals surface area contributed by atoms with Crippen LogP contribution in [0, 0.1) is 13.7 Å². The molecule has 0 bridgehead atoms. The number of nitro groups is 1. The molecule has 1 heterocycles. The summed E-state index contributed by atoms with van der Waals surface area (Å²) >= 11 is 2.24. The molecule has 2 aromatic carbocycles. The van der Waals surface area contributed by atoms with Crippen molar-refractivity contribution in [3.8, 4) is 16.8 Å². The molecular weight excluding hydrogens is 421 g/mol. The van der Waals surface area contributed by atoms with E-state index in [0.29, 0.717) is 0 Å². The van der Waals surface area contributed by atoms with Gasteiger partial charge >= 0.3 is 0 Å². The quantitative estimate of drug-likeness (QED) is 0.257. The first-order valence-corrected chi connectivity index (χ1v) is 7.06. The van der Waals surface area contributed by atoms with Crippen LogP contribution >= 0.6 is 22.6 Å². The summed E-state index contributed by atoms with van der Waals surface area (Å²) in [5.41, 5.74) is 2.90. The minimum absolute atomic E-state index is 0. The topological polar surface area (TPSA) is 88.6 Å². The van der Waals surface area contributed by atoms with E-state index in [1.807, 2.05) is 18.2 Å². The number of aromatic nitrogens is 4. The highest BCUT2D eigenvalue weighted by Crippen LogP contribution is 2.29. The standard InChI is InChI=1S/C13H8IN5O2.ClH/c14-13-11(9-4-6-10(7-5-9)19(20)21)2-1-3-12(13)18-8-15-16-17-18;/h1-8H;1H. The Kier molecular flexibility index (Phi) is 5.03. The van der Waals surface area contributed by atoms with Crippen molar-refractivity contribution in [3.05, 3.63) is 62.5 Å². The second-order valence-electron chi connectivity index (χ2n) is 4.24. The number of nitrogens with one attached hydrogen (secondary N) is 1. The van der Waals surface area contributed by atoms with Gasteiger partial charge in [0.1, 0.15) is 10.8 Å². The van der Waals surface area contributed by atoms with Gasteiger partial charge in [-0.15, -0.1) is 4.68 Å². The zero-order chi connectivity index (χ0) is 14.8. The summed E-state index contributed by atoms with van der Waals surface area (Å²) in [5.74, 6) is 0. The van der Waals surface area contributed by atoms with Crippen molar-refractivity contribution >= 4 is 28.3 Å². The lowest BCUT2D eigenvalue weighted by molar-refractivity contribution is -0.661. The molecule has 3 rings (SSSR count). The van der Waals surface area contributed by atoms with E-state index in [1.54, 1.807) is 23.1 Å². The van der Waals surface area contributed by atoms with Crippen LogP contribution in [0.25, 0.3) is 16.8 Å². The molecule has 0 saturated heterocycles. The van der Waals surface area contributed by atoms with Crippen molar-refractivity contribution < 1.29 is 22.0 Å². The third-order valence-corrected chi connectivity index (χ3v) is 4.14. The van der Waals surface area contributed by atoms with Crippen molar-refractivity contribution in [3.63, 3.8) is 0 Å². The highest BCUT2D eigenvalue weighted by Gasteiger charge is 2.14. The highest BCUT2D eigenvalue weighted by molar-refractivity contribution is 14.1. The minimum Gasteiger partial charge on any atom is -1.00 e. The van der Waals surface area contributed by atoms with Gasteiger partial charge in [-0.3, -0.25) is 10.1 Å². The van der Waals surface area contributed by atoms with Gasteiger partial charge in [-0.25, -0.2) is 0 Å². The summed E-state index contributed by atoms with van der Waals surface area (Å²) in [6, 6.07) is 12.3. The molecule has 22 heavy (non-hydrogen) atoms. The van der Waals surface area contributed by atoms with E-state index in [1.165, 1.54) is 12.1 Å². The summed E-state index contributed by atoms with van der Waals surface area (Å²) in [5, 5.41) is 20.9. The van der Waals surface area contributed by atoms with Gasteiger partial charge in [0.25, 0.3) is 12.0 Å². The summed E-state index contributed by atoms with van der Waals surface area (Å²) in [6.45, 7) is 0. The van der Waals surface area contributed by atoms with E-state index in [9.17, 15) is 10.1 Å². The van der Waals surface area contributed by atoms with Gasteiger partial charge in [0.15, 0.2) is 5.21 Å². The number of rotatable bonds is 3. The summed E-state index contributed by atoms with van der Waals surface area (Å²) < 4.78 is 2.71. The van der Waals surface area contributed by atoms with Crippen LogP contribution in [0.5, 0.6) is 0 Å². The fourth-order valence-corrected chi connectivity index (χ4v) is 2.92. The molecule has 0 aliphatic heterocycles. The molecule has 0 amide bonds. The molecule has 1 aromatic heterocycles. The number of halogens is 2. The molecule has 112 valence electrons. The molecule has 0 fully saturated rings. The maximum absolute atomic E-state index is 10.7. The van der Waals surface area contributed by atoms with Crippen LogP contribution in [0.1, 0.15) is 0 Å². The van der Waals surface area contributed by atoms with E-state index in [0.717, 1.165) is 20.4 Å². The summed E-state index contributed by atoms with van der Waals surface area (Å²) in [7, 11) is 0. The van der Waals surface area contributed by atoms with Crippen LogP contribution in [0.15, 0.2) is 48.8 Å². The fraction of sp³-hybridized carbons (Fsp3) is 0. The molecule has 1 N–H and O–H groups in total. The van der Waals surface area contributed by atoms with Gasteiger partial charge in [0, 0.05) is 12.1 Å². The molecule has 0 aliphatic rings. The highest BCUT2D eigenvalue weighted by atomic mass is 127. The van der Waals surface area contributed by atoms with E-state index >= 15 is 0 Å². The fourth-order valence-electron chi connectivity index (χ4n) is 1.98. The Morgan fingerprint density at radius 1 is 1.18 bits per heavy atom. The smallest absolute Gasteiger partial charge is 0.293 e. The average Bonchev–Trinajstić information content (AvgIpc) is 3.02. The van der Waals surface area contributed by atoms with Crippen molar-refractivity contribution in [2.45, 2.75) is 0 Å². The lowest BCUT2D eigenvalue weighted by Gasteiger charge is -2.07. The van der Waals surface area contributed by atoms with Crippen molar-refractivity contribution in [2.24, 2.45) is 0 Å². The maximum atomic E-state index is 10.7. The van der Waals surface area contributed by atoms with Crippen LogP contribution in [0.3, 0.4) is 0 Å². The molecule has 0 saturated carbocycles. The number of aromatic amines is 1. The van der Waals surface area contributed by atoms with E-state index in [2.05, 4.69) is 38.1 Å². The molecule has 0 radical (unpaired) electrons. The largest absolute Gasteiger partial charge is 1.00 e. The van der Waals surface area contributed by atoms with Crippen LogP contribution < -0.4 is 17.1 Å². The van der Waals surface area contributed by atoms with E-state index in [-0.39, 0.29) is 18.1 Å². The van der Waals surface area contributed by atoms with Crippen LogP contribution in [-0.4, -0.2) is 20.4 Å².